The summed E-state index contributed by atoms with van der Waals surface area (Å²) in [7, 11) is 0. The van der Waals surface area contributed by atoms with Crippen molar-refractivity contribution in [2.75, 3.05) is 0 Å². The molecule has 0 heterocycles. The lowest BCUT2D eigenvalue weighted by molar-refractivity contribution is 0.460. The van der Waals surface area contributed by atoms with E-state index in [9.17, 15) is 5.11 Å². The molecule has 0 amide bonds. The molecule has 0 saturated heterocycles. The number of phenols is 1. The second-order valence-electron chi connectivity index (χ2n) is 4.21. The maximum absolute atomic E-state index is 9.68. The van der Waals surface area contributed by atoms with E-state index in [1.807, 2.05) is 12.1 Å². The summed E-state index contributed by atoms with van der Waals surface area (Å²) >= 11 is 12.3. The van der Waals surface area contributed by atoms with Crippen molar-refractivity contribution in [3.63, 3.8) is 0 Å². The number of hydrogen-bond donors (Lipinski definition) is 1. The Morgan fingerprint density at radius 2 is 1.93 bits per heavy atom. The van der Waals surface area contributed by atoms with E-state index < -0.39 is 4.33 Å². The van der Waals surface area contributed by atoms with Crippen LogP contribution in [-0.4, -0.2) is 9.44 Å². The molecule has 2 aliphatic carbocycles. The normalized spacial score (nSPS) is 31.9. The van der Waals surface area contributed by atoms with Gasteiger partial charge in [-0.25, -0.2) is 0 Å². The first-order valence-electron chi connectivity index (χ1n) is 4.78. The van der Waals surface area contributed by atoms with Gasteiger partial charge in [0.1, 0.15) is 10.1 Å². The minimum Gasteiger partial charge on any atom is -0.508 e. The third-order valence-corrected chi connectivity index (χ3v) is 4.60. The van der Waals surface area contributed by atoms with E-state index in [2.05, 4.69) is 0 Å². The molecule has 0 bridgehead atoms. The lowest BCUT2D eigenvalue weighted by Gasteiger charge is -2.14. The predicted octanol–water partition coefficient (Wildman–Crippen LogP) is 2.91. The highest BCUT2D eigenvalue weighted by Gasteiger charge is 2.64. The van der Waals surface area contributed by atoms with Crippen LogP contribution in [0, 0.1) is 11.8 Å². The Morgan fingerprint density at radius 3 is 2.71 bits per heavy atom. The fourth-order valence-corrected chi connectivity index (χ4v) is 3.31. The van der Waals surface area contributed by atoms with Crippen molar-refractivity contribution in [3.8, 4) is 5.75 Å². The van der Waals surface area contributed by atoms with Gasteiger partial charge in [-0.3, -0.25) is 0 Å². The van der Waals surface area contributed by atoms with E-state index in [1.165, 1.54) is 5.56 Å². The first-order valence-corrected chi connectivity index (χ1v) is 5.54. The van der Waals surface area contributed by atoms with Gasteiger partial charge in [-0.05, 0) is 30.0 Å². The van der Waals surface area contributed by atoms with Crippen LogP contribution in [0.15, 0.2) is 18.2 Å². The molecule has 1 fully saturated rings. The Hall–Kier alpha value is -0.400. The Morgan fingerprint density at radius 1 is 1.21 bits per heavy atom. The minimum absolute atomic E-state index is 0.339. The molecule has 14 heavy (non-hydrogen) atoms. The van der Waals surface area contributed by atoms with Gasteiger partial charge < -0.3 is 5.11 Å². The molecule has 3 rings (SSSR count). The van der Waals surface area contributed by atoms with Crippen LogP contribution in [0.4, 0.5) is 0 Å². The summed E-state index contributed by atoms with van der Waals surface area (Å²) in [6.07, 6.45) is 1.72. The lowest BCUT2D eigenvalue weighted by atomic mass is 9.91. The molecule has 2 aliphatic rings. The van der Waals surface area contributed by atoms with Gasteiger partial charge in [0.15, 0.2) is 0 Å². The number of aromatic hydroxyl groups is 1. The minimum atomic E-state index is -0.550. The SMILES string of the molecule is Oc1cccc2c1CC1C(C2)C1(Cl)Cl. The number of benzene rings is 1. The Bertz CT molecular complexity index is 400. The third kappa shape index (κ3) is 1.03. The summed E-state index contributed by atoms with van der Waals surface area (Å²) in [6.45, 7) is 0. The highest BCUT2D eigenvalue weighted by Crippen LogP contribution is 2.64. The summed E-state index contributed by atoms with van der Waals surface area (Å²) in [6, 6.07) is 5.65. The largest absolute Gasteiger partial charge is 0.508 e. The zero-order chi connectivity index (χ0) is 9.92. The van der Waals surface area contributed by atoms with Crippen molar-refractivity contribution in [1.29, 1.82) is 0 Å². The first kappa shape index (κ1) is 8.87. The second kappa shape index (κ2) is 2.59. The fraction of sp³-hybridized carbons (Fsp3) is 0.455. The summed E-state index contributed by atoms with van der Waals surface area (Å²) < 4.78 is -0.550. The van der Waals surface area contributed by atoms with Crippen LogP contribution in [0.5, 0.6) is 5.75 Å². The van der Waals surface area contributed by atoms with Crippen molar-refractivity contribution in [3.05, 3.63) is 29.3 Å². The Kier molecular flexibility index (Phi) is 1.64. The molecule has 2 atom stereocenters. The van der Waals surface area contributed by atoms with Crippen LogP contribution in [0.1, 0.15) is 11.1 Å². The number of alkyl halides is 2. The monoisotopic (exact) mass is 228 g/mol. The zero-order valence-corrected chi connectivity index (χ0v) is 9.02. The molecule has 1 N–H and O–H groups in total. The van der Waals surface area contributed by atoms with Crippen LogP contribution in [-0.2, 0) is 12.8 Å². The van der Waals surface area contributed by atoms with Crippen molar-refractivity contribution in [1.82, 2.24) is 0 Å². The smallest absolute Gasteiger partial charge is 0.125 e. The number of phenolic OH excluding ortho intramolecular Hbond substituents is 1. The summed E-state index contributed by atoms with van der Waals surface area (Å²) in [5.74, 6) is 1.11. The molecule has 2 unspecified atom stereocenters. The standard InChI is InChI=1S/C11H10Cl2O/c12-11(13)8-4-6-2-1-3-10(14)7(6)5-9(8)11/h1-3,8-9,14H,4-5H2. The lowest BCUT2D eigenvalue weighted by Crippen LogP contribution is -2.05. The molecule has 3 heteroatoms. The van der Waals surface area contributed by atoms with Gasteiger partial charge in [-0.2, -0.15) is 0 Å². The number of rotatable bonds is 0. The average Bonchev–Trinajstić information content (AvgIpc) is 2.67. The van der Waals surface area contributed by atoms with Gasteiger partial charge in [0.05, 0.1) is 0 Å². The van der Waals surface area contributed by atoms with Crippen LogP contribution in [0.2, 0.25) is 0 Å². The number of fused-ring (bicyclic) bond motifs is 2. The molecule has 74 valence electrons. The molecule has 1 aromatic carbocycles. The third-order valence-electron chi connectivity index (χ3n) is 3.48. The number of halogens is 2. The van der Waals surface area contributed by atoms with Gasteiger partial charge in [-0.15, -0.1) is 23.2 Å². The van der Waals surface area contributed by atoms with Crippen molar-refractivity contribution < 1.29 is 5.11 Å². The molecular weight excluding hydrogens is 219 g/mol. The second-order valence-corrected chi connectivity index (χ2v) is 5.65. The molecule has 0 radical (unpaired) electrons. The topological polar surface area (TPSA) is 20.2 Å². The van der Waals surface area contributed by atoms with Gasteiger partial charge in [0.2, 0.25) is 0 Å². The van der Waals surface area contributed by atoms with Gasteiger partial charge in [-0.1, -0.05) is 12.1 Å². The van der Waals surface area contributed by atoms with E-state index in [1.54, 1.807) is 6.07 Å². The van der Waals surface area contributed by atoms with Crippen molar-refractivity contribution >= 4 is 23.2 Å². The first-order chi connectivity index (χ1) is 6.60. The summed E-state index contributed by atoms with van der Waals surface area (Å²) in [5, 5.41) is 9.68. The predicted molar refractivity (Wildman–Crippen MR) is 56.9 cm³/mol. The summed E-state index contributed by atoms with van der Waals surface area (Å²) in [5.41, 5.74) is 2.24. The number of hydrogen-bond acceptors (Lipinski definition) is 1. The summed E-state index contributed by atoms with van der Waals surface area (Å²) in [4.78, 5) is 0. The van der Waals surface area contributed by atoms with Crippen LogP contribution < -0.4 is 0 Å². The molecule has 0 spiro atoms. The Balaban J connectivity index is 2.03. The fourth-order valence-electron chi connectivity index (χ4n) is 2.52. The van der Waals surface area contributed by atoms with Crippen LogP contribution in [0.3, 0.4) is 0 Å². The maximum Gasteiger partial charge on any atom is 0.125 e. The van der Waals surface area contributed by atoms with Crippen LogP contribution >= 0.6 is 23.2 Å². The van der Waals surface area contributed by atoms with E-state index in [4.69, 9.17) is 23.2 Å². The van der Waals surface area contributed by atoms with Crippen LogP contribution in [0.25, 0.3) is 0 Å². The zero-order valence-electron chi connectivity index (χ0n) is 7.50. The Labute approximate surface area is 92.6 Å². The molecular formula is C11H10Cl2O. The maximum atomic E-state index is 9.68. The highest BCUT2D eigenvalue weighted by molar-refractivity contribution is 6.51. The van der Waals surface area contributed by atoms with E-state index >= 15 is 0 Å². The quantitative estimate of drug-likeness (QED) is 0.678. The van der Waals surface area contributed by atoms with Crippen molar-refractivity contribution in [2.45, 2.75) is 17.2 Å². The molecule has 0 aliphatic heterocycles. The van der Waals surface area contributed by atoms with Gasteiger partial charge in [0, 0.05) is 11.8 Å². The highest BCUT2D eigenvalue weighted by atomic mass is 35.5. The van der Waals surface area contributed by atoms with E-state index in [0.29, 0.717) is 17.6 Å². The average molecular weight is 229 g/mol. The molecule has 1 saturated carbocycles. The van der Waals surface area contributed by atoms with Gasteiger partial charge in [0.25, 0.3) is 0 Å². The van der Waals surface area contributed by atoms with E-state index in [-0.39, 0.29) is 0 Å². The molecule has 0 aromatic heterocycles. The van der Waals surface area contributed by atoms with E-state index in [0.717, 1.165) is 18.4 Å². The van der Waals surface area contributed by atoms with Crippen molar-refractivity contribution in [2.24, 2.45) is 11.8 Å². The van der Waals surface area contributed by atoms with Gasteiger partial charge >= 0.3 is 0 Å². The molecule has 1 nitrogen and oxygen atoms in total. The molecule has 1 aromatic rings.